The van der Waals surface area contributed by atoms with Crippen molar-refractivity contribution >= 4 is 34.5 Å². The van der Waals surface area contributed by atoms with Crippen molar-refractivity contribution in [2.45, 2.75) is 11.7 Å². The molecular formula is C22H18N4O5S. The molecule has 32 heavy (non-hydrogen) atoms. The number of phenols is 1. The van der Waals surface area contributed by atoms with Gasteiger partial charge < -0.3 is 9.52 Å². The van der Waals surface area contributed by atoms with E-state index >= 15 is 0 Å². The Kier molecular flexibility index (Phi) is 6.22. The highest BCUT2D eigenvalue weighted by Gasteiger charge is 2.16. The lowest BCUT2D eigenvalue weighted by molar-refractivity contribution is -0.119. The van der Waals surface area contributed by atoms with Gasteiger partial charge >= 0.3 is 0 Å². The summed E-state index contributed by atoms with van der Waals surface area (Å²) in [5.74, 6) is -0.892. The first-order valence-electron chi connectivity index (χ1n) is 9.55. The van der Waals surface area contributed by atoms with Crippen LogP contribution in [0.15, 0.2) is 81.3 Å². The summed E-state index contributed by atoms with van der Waals surface area (Å²) >= 11 is 1.05. The number of aromatic hydroxyl groups is 1. The van der Waals surface area contributed by atoms with Crippen LogP contribution in [-0.4, -0.2) is 32.2 Å². The molecule has 0 saturated carbocycles. The Morgan fingerprint density at radius 2 is 1.81 bits per heavy atom. The van der Waals surface area contributed by atoms with E-state index in [2.05, 4.69) is 15.8 Å². The molecule has 2 aromatic carbocycles. The first-order chi connectivity index (χ1) is 15.5. The number of carbonyl (C=O) groups excluding carboxylic acids is 2. The molecule has 2 heterocycles. The number of benzene rings is 2. The van der Waals surface area contributed by atoms with Crippen LogP contribution in [-0.2, 0) is 11.3 Å². The number of phenolic OH excluding ortho intramolecular Hbond substituents is 1. The van der Waals surface area contributed by atoms with E-state index in [9.17, 15) is 19.5 Å². The van der Waals surface area contributed by atoms with Gasteiger partial charge in [0.25, 0.3) is 11.5 Å². The number of nitrogens with zero attached hydrogens (tertiary/aromatic N) is 2. The number of para-hydroxylation sites is 2. The maximum absolute atomic E-state index is 13.0. The SMILES string of the molecule is O=C(CSc1nc2ccccc2c(=O)n1Cc1ccco1)NNC(=O)c1ccccc1O. The number of nitrogens with one attached hydrogen (secondary N) is 2. The van der Waals surface area contributed by atoms with E-state index in [1.807, 2.05) is 0 Å². The molecule has 2 amide bonds. The molecule has 0 aliphatic carbocycles. The fourth-order valence-corrected chi connectivity index (χ4v) is 3.78. The molecule has 0 aliphatic rings. The largest absolute Gasteiger partial charge is 0.507 e. The van der Waals surface area contributed by atoms with Gasteiger partial charge in [-0.3, -0.25) is 29.8 Å². The Morgan fingerprint density at radius 3 is 2.59 bits per heavy atom. The number of hydrogen-bond donors (Lipinski definition) is 3. The molecule has 0 aliphatic heterocycles. The molecule has 4 rings (SSSR count). The number of rotatable bonds is 6. The molecule has 0 bridgehead atoms. The number of amides is 2. The highest BCUT2D eigenvalue weighted by Crippen LogP contribution is 2.19. The maximum atomic E-state index is 13.0. The van der Waals surface area contributed by atoms with E-state index in [0.717, 1.165) is 11.8 Å². The van der Waals surface area contributed by atoms with Gasteiger partial charge in [0, 0.05) is 0 Å². The average Bonchev–Trinajstić information content (AvgIpc) is 3.32. The summed E-state index contributed by atoms with van der Waals surface area (Å²) < 4.78 is 6.80. The van der Waals surface area contributed by atoms with E-state index in [0.29, 0.717) is 21.8 Å². The zero-order valence-electron chi connectivity index (χ0n) is 16.6. The van der Waals surface area contributed by atoms with Crippen molar-refractivity contribution in [2.75, 3.05) is 5.75 Å². The molecule has 10 heteroatoms. The number of fused-ring (bicyclic) bond motifs is 1. The normalized spacial score (nSPS) is 10.8. The number of aromatic nitrogens is 2. The Balaban J connectivity index is 1.48. The van der Waals surface area contributed by atoms with E-state index in [4.69, 9.17) is 4.42 Å². The molecule has 2 aromatic heterocycles. The predicted molar refractivity (Wildman–Crippen MR) is 118 cm³/mol. The smallest absolute Gasteiger partial charge is 0.273 e. The molecule has 0 fully saturated rings. The standard InChI is InChI=1S/C22H18N4O5S/c27-18-10-4-2-8-16(18)20(29)25-24-19(28)13-32-22-23-17-9-3-1-7-15(17)21(30)26(22)12-14-6-5-11-31-14/h1-11,27H,12-13H2,(H,24,28)(H,25,29). The van der Waals surface area contributed by atoms with Gasteiger partial charge in [-0.15, -0.1) is 0 Å². The summed E-state index contributed by atoms with van der Waals surface area (Å²) in [5.41, 5.74) is 4.84. The van der Waals surface area contributed by atoms with Gasteiger partial charge in [0.2, 0.25) is 5.91 Å². The molecule has 3 N–H and O–H groups in total. The summed E-state index contributed by atoms with van der Waals surface area (Å²) in [6.07, 6.45) is 1.52. The lowest BCUT2D eigenvalue weighted by atomic mass is 10.2. The van der Waals surface area contributed by atoms with Gasteiger partial charge in [-0.25, -0.2) is 4.98 Å². The molecule has 0 radical (unpaired) electrons. The zero-order chi connectivity index (χ0) is 22.5. The minimum absolute atomic E-state index is 0.0314. The number of carbonyl (C=O) groups is 2. The third-order valence-corrected chi connectivity index (χ3v) is 5.49. The maximum Gasteiger partial charge on any atom is 0.273 e. The summed E-state index contributed by atoms with van der Waals surface area (Å²) in [7, 11) is 0. The second-order valence-corrected chi connectivity index (χ2v) is 7.63. The lowest BCUT2D eigenvalue weighted by Crippen LogP contribution is -2.42. The van der Waals surface area contributed by atoms with Gasteiger partial charge in [0.15, 0.2) is 5.16 Å². The second kappa shape index (κ2) is 9.40. The van der Waals surface area contributed by atoms with Gasteiger partial charge in [0.1, 0.15) is 11.5 Å². The van der Waals surface area contributed by atoms with Crippen molar-refractivity contribution in [3.05, 3.63) is 88.6 Å². The van der Waals surface area contributed by atoms with Crippen molar-refractivity contribution in [3.8, 4) is 5.75 Å². The molecule has 9 nitrogen and oxygen atoms in total. The summed E-state index contributed by atoms with van der Waals surface area (Å²) in [4.78, 5) is 41.9. The molecular weight excluding hydrogens is 432 g/mol. The second-order valence-electron chi connectivity index (χ2n) is 6.69. The molecule has 0 unspecified atom stereocenters. The van der Waals surface area contributed by atoms with Gasteiger partial charge in [0.05, 0.1) is 35.0 Å². The fourth-order valence-electron chi connectivity index (χ4n) is 2.98. The van der Waals surface area contributed by atoms with Crippen LogP contribution < -0.4 is 16.4 Å². The summed E-state index contributed by atoms with van der Waals surface area (Å²) in [5, 5.41) is 10.5. The third-order valence-electron chi connectivity index (χ3n) is 4.52. The van der Waals surface area contributed by atoms with Crippen molar-refractivity contribution < 1.29 is 19.1 Å². The number of hydrazine groups is 1. The van der Waals surface area contributed by atoms with E-state index < -0.39 is 11.8 Å². The molecule has 0 atom stereocenters. The van der Waals surface area contributed by atoms with Gasteiger partial charge in [-0.2, -0.15) is 0 Å². The van der Waals surface area contributed by atoms with E-state index in [1.54, 1.807) is 48.5 Å². The Bertz CT molecular complexity index is 1330. The third kappa shape index (κ3) is 4.65. The topological polar surface area (TPSA) is 126 Å². The Hall–Kier alpha value is -4.05. The van der Waals surface area contributed by atoms with Crippen LogP contribution in [0.2, 0.25) is 0 Å². The van der Waals surface area contributed by atoms with Crippen LogP contribution in [0.4, 0.5) is 0 Å². The quantitative estimate of drug-likeness (QED) is 0.234. The molecule has 162 valence electrons. The summed E-state index contributed by atoms with van der Waals surface area (Å²) in [6.45, 7) is 0.164. The van der Waals surface area contributed by atoms with Crippen molar-refractivity contribution in [1.29, 1.82) is 0 Å². The highest BCUT2D eigenvalue weighted by molar-refractivity contribution is 7.99. The predicted octanol–water partition coefficient (Wildman–Crippen LogP) is 2.30. The lowest BCUT2D eigenvalue weighted by Gasteiger charge is -2.12. The Labute approximate surface area is 186 Å². The van der Waals surface area contributed by atoms with Crippen LogP contribution in [0, 0.1) is 0 Å². The summed E-state index contributed by atoms with van der Waals surface area (Å²) in [6, 6.07) is 16.4. The van der Waals surface area contributed by atoms with Crippen LogP contribution >= 0.6 is 11.8 Å². The van der Waals surface area contributed by atoms with Crippen LogP contribution in [0.3, 0.4) is 0 Å². The van der Waals surface area contributed by atoms with Gasteiger partial charge in [-0.1, -0.05) is 36.0 Å². The van der Waals surface area contributed by atoms with Crippen molar-refractivity contribution in [3.63, 3.8) is 0 Å². The zero-order valence-corrected chi connectivity index (χ0v) is 17.5. The van der Waals surface area contributed by atoms with Crippen LogP contribution in [0.25, 0.3) is 10.9 Å². The minimum atomic E-state index is -0.653. The number of hydrogen-bond acceptors (Lipinski definition) is 7. The first-order valence-corrected chi connectivity index (χ1v) is 10.5. The van der Waals surface area contributed by atoms with Crippen LogP contribution in [0.1, 0.15) is 16.1 Å². The Morgan fingerprint density at radius 1 is 1.03 bits per heavy atom. The monoisotopic (exact) mass is 450 g/mol. The van der Waals surface area contributed by atoms with Gasteiger partial charge in [-0.05, 0) is 36.4 Å². The van der Waals surface area contributed by atoms with E-state index in [1.165, 1.54) is 23.0 Å². The molecule has 0 saturated heterocycles. The first kappa shape index (κ1) is 21.2. The average molecular weight is 450 g/mol. The molecule has 4 aromatic rings. The fraction of sp³-hybridized carbons (Fsp3) is 0.0909. The van der Waals surface area contributed by atoms with E-state index in [-0.39, 0.29) is 29.2 Å². The number of furan rings is 1. The number of thioether (sulfide) groups is 1. The van der Waals surface area contributed by atoms with Crippen molar-refractivity contribution in [2.24, 2.45) is 0 Å². The molecule has 0 spiro atoms. The minimum Gasteiger partial charge on any atom is -0.507 e. The van der Waals surface area contributed by atoms with Crippen molar-refractivity contribution in [1.82, 2.24) is 20.4 Å². The highest BCUT2D eigenvalue weighted by atomic mass is 32.2. The van der Waals surface area contributed by atoms with Crippen LogP contribution in [0.5, 0.6) is 5.75 Å².